The maximum absolute atomic E-state index is 12.0. The van der Waals surface area contributed by atoms with E-state index < -0.39 is 20.6 Å². The van der Waals surface area contributed by atoms with Crippen molar-refractivity contribution in [2.75, 3.05) is 19.5 Å². The van der Waals surface area contributed by atoms with Gasteiger partial charge in [-0.3, -0.25) is 0 Å². The molecule has 2 rings (SSSR count). The number of aliphatic hydroxyl groups is 1. The van der Waals surface area contributed by atoms with Crippen LogP contribution in [0.25, 0.3) is 0 Å². The molecule has 106 valence electrons. The third-order valence-electron chi connectivity index (χ3n) is 3.84. The van der Waals surface area contributed by atoms with Crippen LogP contribution in [0.5, 0.6) is 5.75 Å². The Kier molecular flexibility index (Phi) is 3.59. The molecule has 6 heteroatoms. The fourth-order valence-electron chi connectivity index (χ4n) is 2.63. The van der Waals surface area contributed by atoms with Gasteiger partial charge in [-0.25, -0.2) is 8.42 Å². The van der Waals surface area contributed by atoms with Crippen molar-refractivity contribution in [3.63, 3.8) is 0 Å². The Balaban J connectivity index is 2.34. The molecule has 0 amide bonds. The van der Waals surface area contributed by atoms with E-state index in [0.29, 0.717) is 5.75 Å². The van der Waals surface area contributed by atoms with Gasteiger partial charge in [0, 0.05) is 11.7 Å². The molecule has 0 heterocycles. The predicted octanol–water partition coefficient (Wildman–Crippen LogP) is 0.286. The Labute approximate surface area is 113 Å². The van der Waals surface area contributed by atoms with E-state index in [1.165, 1.54) is 0 Å². The summed E-state index contributed by atoms with van der Waals surface area (Å²) in [6.07, 6.45) is 0. The lowest BCUT2D eigenvalue weighted by atomic mass is 10.1. The van der Waals surface area contributed by atoms with Crippen molar-refractivity contribution < 1.29 is 18.3 Å². The van der Waals surface area contributed by atoms with Crippen LogP contribution in [0.2, 0.25) is 0 Å². The van der Waals surface area contributed by atoms with Gasteiger partial charge < -0.3 is 15.6 Å². The fourth-order valence-corrected chi connectivity index (χ4v) is 4.62. The minimum Gasteiger partial charge on any atom is -0.497 e. The lowest BCUT2D eigenvalue weighted by molar-refractivity contribution is 0.253. The second-order valence-electron chi connectivity index (χ2n) is 4.89. The highest BCUT2D eigenvalue weighted by molar-refractivity contribution is 7.92. The summed E-state index contributed by atoms with van der Waals surface area (Å²) in [5, 5.41) is 8.71. The molecule has 1 fully saturated rings. The molecular weight excluding hydrogens is 266 g/mol. The monoisotopic (exact) mass is 285 g/mol. The normalized spacial score (nSPS) is 30.1. The number of aliphatic hydroxyl groups excluding tert-OH is 1. The molecule has 1 aliphatic carbocycles. The maximum Gasteiger partial charge on any atom is 0.155 e. The van der Waals surface area contributed by atoms with Gasteiger partial charge in [0.15, 0.2) is 9.84 Å². The molecule has 1 aromatic carbocycles. The Bertz CT molecular complexity index is 555. The second-order valence-corrected chi connectivity index (χ2v) is 7.30. The number of hydrogen-bond acceptors (Lipinski definition) is 5. The first-order valence-corrected chi connectivity index (χ1v) is 7.87. The summed E-state index contributed by atoms with van der Waals surface area (Å²) in [7, 11) is -1.71. The van der Waals surface area contributed by atoms with Gasteiger partial charge in [-0.05, 0) is 17.7 Å². The summed E-state index contributed by atoms with van der Waals surface area (Å²) in [5.74, 6) is 0.378. The van der Waals surface area contributed by atoms with Gasteiger partial charge >= 0.3 is 0 Å². The van der Waals surface area contributed by atoms with Crippen LogP contribution in [-0.4, -0.2) is 43.8 Å². The zero-order chi connectivity index (χ0) is 14.3. The molecule has 1 aliphatic rings. The molecule has 0 aliphatic heterocycles. The Morgan fingerprint density at radius 2 is 1.95 bits per heavy atom. The van der Waals surface area contributed by atoms with Crippen LogP contribution >= 0.6 is 0 Å². The second kappa shape index (κ2) is 4.77. The summed E-state index contributed by atoms with van der Waals surface area (Å²) >= 11 is 0. The van der Waals surface area contributed by atoms with Crippen molar-refractivity contribution in [2.24, 2.45) is 5.73 Å². The molecule has 19 heavy (non-hydrogen) atoms. The molecule has 5 nitrogen and oxygen atoms in total. The number of nitrogens with two attached hydrogens (primary N) is 1. The van der Waals surface area contributed by atoms with Crippen molar-refractivity contribution in [3.05, 3.63) is 29.8 Å². The molecule has 0 saturated heterocycles. The van der Waals surface area contributed by atoms with Gasteiger partial charge in [-0.1, -0.05) is 19.1 Å². The van der Waals surface area contributed by atoms with Crippen LogP contribution < -0.4 is 10.5 Å². The topological polar surface area (TPSA) is 89.6 Å². The van der Waals surface area contributed by atoms with Gasteiger partial charge in [0.1, 0.15) is 5.75 Å². The molecule has 0 bridgehead atoms. The SMILES string of the molecule is CCS(=O)(=O)[C@H]1[C@@H](c2ccc(OC)cc2)[C@@]1(N)CO. The van der Waals surface area contributed by atoms with Crippen molar-refractivity contribution in [2.45, 2.75) is 23.6 Å². The fraction of sp³-hybridized carbons (Fsp3) is 0.538. The van der Waals surface area contributed by atoms with E-state index in [0.717, 1.165) is 5.56 Å². The van der Waals surface area contributed by atoms with E-state index >= 15 is 0 Å². The average molecular weight is 285 g/mol. The minimum atomic E-state index is -3.27. The first-order chi connectivity index (χ1) is 8.90. The Morgan fingerprint density at radius 1 is 1.37 bits per heavy atom. The number of benzene rings is 1. The maximum atomic E-state index is 12.0. The van der Waals surface area contributed by atoms with Crippen LogP contribution in [0.3, 0.4) is 0 Å². The third kappa shape index (κ3) is 2.24. The average Bonchev–Trinajstić information content (AvgIpc) is 3.07. The smallest absolute Gasteiger partial charge is 0.155 e. The van der Waals surface area contributed by atoms with Crippen LogP contribution in [0.1, 0.15) is 18.4 Å². The number of rotatable bonds is 5. The highest BCUT2D eigenvalue weighted by Crippen LogP contribution is 2.54. The van der Waals surface area contributed by atoms with Gasteiger partial charge in [0.2, 0.25) is 0 Å². The molecule has 0 aromatic heterocycles. The molecule has 1 aromatic rings. The van der Waals surface area contributed by atoms with Gasteiger partial charge in [-0.15, -0.1) is 0 Å². The van der Waals surface area contributed by atoms with Gasteiger partial charge in [0.25, 0.3) is 0 Å². The first-order valence-electron chi connectivity index (χ1n) is 6.16. The van der Waals surface area contributed by atoms with E-state index in [4.69, 9.17) is 10.5 Å². The van der Waals surface area contributed by atoms with Crippen LogP contribution in [0, 0.1) is 0 Å². The molecular formula is C13H19NO4S. The number of methoxy groups -OCH3 is 1. The predicted molar refractivity (Wildman–Crippen MR) is 73.0 cm³/mol. The van der Waals surface area contributed by atoms with E-state index in [1.54, 1.807) is 38.3 Å². The van der Waals surface area contributed by atoms with Crippen LogP contribution in [0.4, 0.5) is 0 Å². The minimum absolute atomic E-state index is 0.0310. The van der Waals surface area contributed by atoms with Crippen molar-refractivity contribution in [3.8, 4) is 5.75 Å². The molecule has 0 radical (unpaired) electrons. The zero-order valence-corrected chi connectivity index (χ0v) is 11.9. The van der Waals surface area contributed by atoms with E-state index in [2.05, 4.69) is 0 Å². The Hall–Kier alpha value is -1.11. The summed E-state index contributed by atoms with van der Waals surface area (Å²) in [4.78, 5) is 0. The first kappa shape index (κ1) is 14.3. The van der Waals surface area contributed by atoms with E-state index in [9.17, 15) is 13.5 Å². The lowest BCUT2D eigenvalue weighted by Gasteiger charge is -2.07. The molecule has 3 N–H and O–H groups in total. The van der Waals surface area contributed by atoms with Crippen molar-refractivity contribution >= 4 is 9.84 Å². The van der Waals surface area contributed by atoms with Crippen molar-refractivity contribution in [1.29, 1.82) is 0 Å². The molecule has 0 unspecified atom stereocenters. The highest BCUT2D eigenvalue weighted by Gasteiger charge is 2.68. The number of sulfone groups is 1. The summed E-state index contributed by atoms with van der Waals surface area (Å²) < 4.78 is 29.1. The molecule has 0 spiro atoms. The lowest BCUT2D eigenvalue weighted by Crippen LogP contribution is -2.35. The quantitative estimate of drug-likeness (QED) is 0.811. The number of hydrogen-bond donors (Lipinski definition) is 2. The van der Waals surface area contributed by atoms with E-state index in [-0.39, 0.29) is 18.3 Å². The zero-order valence-electron chi connectivity index (χ0n) is 11.0. The van der Waals surface area contributed by atoms with Crippen molar-refractivity contribution in [1.82, 2.24) is 0 Å². The largest absolute Gasteiger partial charge is 0.497 e. The summed E-state index contributed by atoms with van der Waals surface area (Å²) in [6, 6.07) is 7.13. The summed E-state index contributed by atoms with van der Waals surface area (Å²) in [6.45, 7) is 1.25. The van der Waals surface area contributed by atoms with Gasteiger partial charge in [-0.2, -0.15) is 0 Å². The number of ether oxygens (including phenoxy) is 1. The standard InChI is InChI=1S/C13H19NO4S/c1-3-19(16,17)12-11(13(12,14)8-15)9-4-6-10(18-2)7-5-9/h4-7,11-12,15H,3,8,14H2,1-2H3/t11-,12+,13+/m1/s1. The van der Waals surface area contributed by atoms with Gasteiger partial charge in [0.05, 0.1) is 24.5 Å². The highest BCUT2D eigenvalue weighted by atomic mass is 32.2. The third-order valence-corrected chi connectivity index (χ3v) is 6.13. The summed E-state index contributed by atoms with van der Waals surface area (Å²) in [5.41, 5.74) is 5.79. The molecule has 1 saturated carbocycles. The molecule has 3 atom stereocenters. The van der Waals surface area contributed by atoms with Crippen LogP contribution in [0.15, 0.2) is 24.3 Å². The Morgan fingerprint density at radius 3 is 2.37 bits per heavy atom. The van der Waals surface area contributed by atoms with Crippen LogP contribution in [-0.2, 0) is 9.84 Å². The van der Waals surface area contributed by atoms with E-state index in [1.807, 2.05) is 0 Å².